The molecule has 4 aromatic rings. The highest BCUT2D eigenvalue weighted by Crippen LogP contribution is 2.23. The number of rotatable bonds is 9. The molecule has 1 aromatic heterocycles. The fourth-order valence-corrected chi connectivity index (χ4v) is 4.09. The summed E-state index contributed by atoms with van der Waals surface area (Å²) in [5, 5.41) is 16.3. The number of thioether (sulfide) groups is 1. The summed E-state index contributed by atoms with van der Waals surface area (Å²) in [6.07, 6.45) is 0. The van der Waals surface area contributed by atoms with Crippen molar-refractivity contribution < 1.29 is 4.79 Å². The van der Waals surface area contributed by atoms with E-state index in [1.165, 1.54) is 11.8 Å². The smallest absolute Gasteiger partial charge is 0.230 e. The lowest BCUT2D eigenvalue weighted by molar-refractivity contribution is -0.118. The molecule has 0 saturated heterocycles. The minimum Gasteiger partial charge on any atom is -0.378 e. The third-order valence-corrected chi connectivity index (χ3v) is 5.82. The van der Waals surface area contributed by atoms with E-state index in [0.29, 0.717) is 23.3 Å². The van der Waals surface area contributed by atoms with Crippen molar-refractivity contribution in [3.63, 3.8) is 0 Å². The van der Waals surface area contributed by atoms with Gasteiger partial charge in [0, 0.05) is 22.9 Å². The number of halogens is 1. The summed E-state index contributed by atoms with van der Waals surface area (Å²) in [5.74, 6) is 0.933. The van der Waals surface area contributed by atoms with E-state index >= 15 is 0 Å². The molecular formula is C24H22ClN5OS. The first-order chi connectivity index (χ1) is 15.7. The van der Waals surface area contributed by atoms with Crippen LogP contribution >= 0.6 is 23.4 Å². The highest BCUT2D eigenvalue weighted by Gasteiger charge is 2.16. The summed E-state index contributed by atoms with van der Waals surface area (Å²) in [6.45, 7) is 0.962. The van der Waals surface area contributed by atoms with Crippen LogP contribution in [0.3, 0.4) is 0 Å². The van der Waals surface area contributed by atoms with Gasteiger partial charge in [-0.15, -0.1) is 10.2 Å². The number of amides is 1. The predicted molar refractivity (Wildman–Crippen MR) is 129 cm³/mol. The van der Waals surface area contributed by atoms with Crippen LogP contribution in [-0.2, 0) is 17.9 Å². The van der Waals surface area contributed by atoms with E-state index in [-0.39, 0.29) is 11.7 Å². The Bertz CT molecular complexity index is 1170. The van der Waals surface area contributed by atoms with Crippen LogP contribution in [0.5, 0.6) is 0 Å². The zero-order valence-corrected chi connectivity index (χ0v) is 18.8. The summed E-state index contributed by atoms with van der Waals surface area (Å²) in [4.78, 5) is 12.4. The second-order valence-electron chi connectivity index (χ2n) is 6.98. The topological polar surface area (TPSA) is 71.8 Å². The predicted octanol–water partition coefficient (Wildman–Crippen LogP) is 4.94. The Morgan fingerprint density at radius 2 is 1.66 bits per heavy atom. The number of carbonyl (C=O) groups is 1. The van der Waals surface area contributed by atoms with E-state index in [9.17, 15) is 4.79 Å². The van der Waals surface area contributed by atoms with Crippen LogP contribution in [0, 0.1) is 0 Å². The summed E-state index contributed by atoms with van der Waals surface area (Å²) in [6, 6.07) is 27.2. The molecule has 0 aliphatic rings. The maximum atomic E-state index is 12.4. The molecule has 32 heavy (non-hydrogen) atoms. The fourth-order valence-electron chi connectivity index (χ4n) is 3.10. The lowest BCUT2D eigenvalue weighted by Crippen LogP contribution is -2.24. The van der Waals surface area contributed by atoms with Gasteiger partial charge in [0.1, 0.15) is 0 Å². The molecule has 4 rings (SSSR count). The van der Waals surface area contributed by atoms with Crippen LogP contribution < -0.4 is 10.6 Å². The summed E-state index contributed by atoms with van der Waals surface area (Å²) >= 11 is 7.44. The number of anilines is 1. The molecule has 3 aromatic carbocycles. The number of para-hydroxylation sites is 1. The summed E-state index contributed by atoms with van der Waals surface area (Å²) < 4.78 is 1.96. The van der Waals surface area contributed by atoms with Gasteiger partial charge in [-0.3, -0.25) is 9.36 Å². The minimum absolute atomic E-state index is 0.0555. The van der Waals surface area contributed by atoms with Gasteiger partial charge in [0.15, 0.2) is 11.0 Å². The number of nitrogens with zero attached hydrogens (tertiary/aromatic N) is 3. The number of aromatic nitrogens is 3. The molecule has 2 N–H and O–H groups in total. The molecule has 0 atom stereocenters. The molecule has 0 unspecified atom stereocenters. The van der Waals surface area contributed by atoms with E-state index in [4.69, 9.17) is 11.6 Å². The molecule has 0 radical (unpaired) electrons. The first kappa shape index (κ1) is 21.9. The average Bonchev–Trinajstić information content (AvgIpc) is 3.24. The highest BCUT2D eigenvalue weighted by molar-refractivity contribution is 7.99. The lowest BCUT2D eigenvalue weighted by atomic mass is 10.2. The number of benzene rings is 3. The van der Waals surface area contributed by atoms with Crippen LogP contribution in [0.25, 0.3) is 5.69 Å². The molecule has 0 bridgehead atoms. The maximum absolute atomic E-state index is 12.4. The SMILES string of the molecule is O=C(CSc1nnc(CNc2cccc(Cl)c2)n1-c1ccccc1)NCc1ccccc1. The zero-order valence-electron chi connectivity index (χ0n) is 17.2. The first-order valence-corrected chi connectivity index (χ1v) is 11.5. The van der Waals surface area contributed by atoms with Crippen LogP contribution in [0.15, 0.2) is 90.1 Å². The third kappa shape index (κ3) is 5.90. The Kier molecular flexibility index (Phi) is 7.42. The summed E-state index contributed by atoms with van der Waals surface area (Å²) in [5.41, 5.74) is 2.90. The lowest BCUT2D eigenvalue weighted by Gasteiger charge is -2.11. The third-order valence-electron chi connectivity index (χ3n) is 4.65. The molecule has 6 nitrogen and oxygen atoms in total. The molecule has 1 amide bonds. The summed E-state index contributed by atoms with van der Waals surface area (Å²) in [7, 11) is 0. The van der Waals surface area contributed by atoms with Crippen molar-refractivity contribution in [1.29, 1.82) is 0 Å². The molecule has 8 heteroatoms. The van der Waals surface area contributed by atoms with Gasteiger partial charge in [-0.05, 0) is 35.9 Å². The van der Waals surface area contributed by atoms with Crippen molar-refractivity contribution in [2.24, 2.45) is 0 Å². The van der Waals surface area contributed by atoms with E-state index in [0.717, 1.165) is 22.8 Å². The van der Waals surface area contributed by atoms with Crippen molar-refractivity contribution in [1.82, 2.24) is 20.1 Å². The van der Waals surface area contributed by atoms with Gasteiger partial charge in [0.2, 0.25) is 5.91 Å². The standard InChI is InChI=1S/C24H22ClN5OS/c25-19-10-7-11-20(14-19)26-16-22-28-29-24(30(22)21-12-5-2-6-13-21)32-17-23(31)27-15-18-8-3-1-4-9-18/h1-14,26H,15-17H2,(H,27,31). The van der Waals surface area contributed by atoms with Crippen LogP contribution in [0.2, 0.25) is 5.02 Å². The van der Waals surface area contributed by atoms with Crippen molar-refractivity contribution in [2.75, 3.05) is 11.1 Å². The highest BCUT2D eigenvalue weighted by atomic mass is 35.5. The Balaban J connectivity index is 1.45. The second kappa shape index (κ2) is 10.8. The van der Waals surface area contributed by atoms with Gasteiger partial charge < -0.3 is 10.6 Å². The molecular weight excluding hydrogens is 442 g/mol. The normalized spacial score (nSPS) is 10.7. The van der Waals surface area contributed by atoms with E-state index in [1.807, 2.05) is 89.5 Å². The largest absolute Gasteiger partial charge is 0.378 e. The monoisotopic (exact) mass is 463 g/mol. The van der Waals surface area contributed by atoms with Crippen LogP contribution in [0.1, 0.15) is 11.4 Å². The molecule has 0 spiro atoms. The first-order valence-electron chi connectivity index (χ1n) is 10.1. The van der Waals surface area contributed by atoms with Crippen molar-refractivity contribution in [3.8, 4) is 5.69 Å². The van der Waals surface area contributed by atoms with Crippen LogP contribution in [0.4, 0.5) is 5.69 Å². The molecule has 0 aliphatic heterocycles. The van der Waals surface area contributed by atoms with Gasteiger partial charge >= 0.3 is 0 Å². The number of hydrogen-bond acceptors (Lipinski definition) is 5. The molecule has 162 valence electrons. The number of nitrogens with one attached hydrogen (secondary N) is 2. The van der Waals surface area contributed by atoms with Crippen molar-refractivity contribution in [2.45, 2.75) is 18.2 Å². The molecule has 1 heterocycles. The maximum Gasteiger partial charge on any atom is 0.230 e. The Labute approximate surface area is 196 Å². The van der Waals surface area contributed by atoms with Gasteiger partial charge in [0.25, 0.3) is 0 Å². The Morgan fingerprint density at radius 1 is 0.906 bits per heavy atom. The van der Waals surface area contributed by atoms with Gasteiger partial charge in [-0.25, -0.2) is 0 Å². The second-order valence-corrected chi connectivity index (χ2v) is 8.36. The van der Waals surface area contributed by atoms with Gasteiger partial charge in [0.05, 0.1) is 12.3 Å². The molecule has 0 aliphatic carbocycles. The number of hydrogen-bond donors (Lipinski definition) is 2. The Morgan fingerprint density at radius 3 is 2.41 bits per heavy atom. The van der Waals surface area contributed by atoms with E-state index in [1.54, 1.807) is 0 Å². The van der Waals surface area contributed by atoms with E-state index in [2.05, 4.69) is 20.8 Å². The van der Waals surface area contributed by atoms with Crippen LogP contribution in [-0.4, -0.2) is 26.4 Å². The fraction of sp³-hybridized carbons (Fsp3) is 0.125. The van der Waals surface area contributed by atoms with E-state index < -0.39 is 0 Å². The number of carbonyl (C=O) groups excluding carboxylic acids is 1. The zero-order chi connectivity index (χ0) is 22.2. The van der Waals surface area contributed by atoms with Crippen molar-refractivity contribution in [3.05, 3.63) is 101 Å². The molecule has 0 saturated carbocycles. The quantitative estimate of drug-likeness (QED) is 0.344. The van der Waals surface area contributed by atoms with Crippen molar-refractivity contribution >= 4 is 35.0 Å². The Hall–Kier alpha value is -3.29. The minimum atomic E-state index is -0.0555. The molecule has 0 fully saturated rings. The average molecular weight is 464 g/mol. The van der Waals surface area contributed by atoms with Gasteiger partial charge in [-0.1, -0.05) is 78.0 Å². The van der Waals surface area contributed by atoms with Gasteiger partial charge in [-0.2, -0.15) is 0 Å².